The van der Waals surface area contributed by atoms with Crippen LogP contribution in [0.4, 0.5) is 5.69 Å². The zero-order valence-electron chi connectivity index (χ0n) is 17.5. The molecule has 2 aromatic carbocycles. The summed E-state index contributed by atoms with van der Waals surface area (Å²) in [7, 11) is 0. The second kappa shape index (κ2) is 10.7. The second-order valence-electron chi connectivity index (χ2n) is 6.86. The van der Waals surface area contributed by atoms with Crippen LogP contribution < -0.4 is 9.64 Å². The first kappa shape index (κ1) is 21.7. The monoisotopic (exact) mass is 412 g/mol. The Morgan fingerprint density at radius 3 is 2.55 bits per heavy atom. The van der Waals surface area contributed by atoms with Gasteiger partial charge < -0.3 is 14.2 Å². The predicted molar refractivity (Wildman–Crippen MR) is 121 cm³/mol. The molecular formula is C25H24N4O2. The molecule has 1 heterocycles. The molecule has 0 fully saturated rings. The molecule has 1 aromatic heterocycles. The van der Waals surface area contributed by atoms with Crippen molar-refractivity contribution in [3.05, 3.63) is 66.4 Å². The minimum Gasteiger partial charge on any atom is -0.494 e. The van der Waals surface area contributed by atoms with E-state index >= 15 is 0 Å². The Bertz CT molecular complexity index is 1150. The number of carbonyl (C=O) groups is 1. The highest BCUT2D eigenvalue weighted by atomic mass is 16.5. The van der Waals surface area contributed by atoms with E-state index in [1.165, 1.54) is 6.08 Å². The van der Waals surface area contributed by atoms with Gasteiger partial charge >= 0.3 is 0 Å². The van der Waals surface area contributed by atoms with E-state index in [1.54, 1.807) is 11.0 Å². The van der Waals surface area contributed by atoms with Crippen LogP contribution in [0.3, 0.4) is 0 Å². The number of aryl methyl sites for hydroxylation is 1. The predicted octanol–water partition coefficient (Wildman–Crippen LogP) is 4.91. The standard InChI is InChI=1S/C25H24N4O2/c1-2-31-22-12-10-21(11-13-22)29(18-6-16-27)25(30)14-9-20-19-28(17-5-15-26)24-8-4-3-7-23(20)24/h3-4,7-14,19H,2,5-6,17-18H2,1H3/b14-9+. The maximum Gasteiger partial charge on any atom is 0.251 e. The Morgan fingerprint density at radius 2 is 1.84 bits per heavy atom. The van der Waals surface area contributed by atoms with Gasteiger partial charge in [-0.2, -0.15) is 10.5 Å². The van der Waals surface area contributed by atoms with Crippen molar-refractivity contribution in [1.82, 2.24) is 4.57 Å². The molecule has 0 unspecified atom stereocenters. The number of carbonyl (C=O) groups excluding carboxylic acids is 1. The number of para-hydroxylation sites is 1. The smallest absolute Gasteiger partial charge is 0.251 e. The van der Waals surface area contributed by atoms with Crippen LogP contribution in [-0.2, 0) is 11.3 Å². The molecule has 0 saturated carbocycles. The van der Waals surface area contributed by atoms with E-state index in [4.69, 9.17) is 15.3 Å². The largest absolute Gasteiger partial charge is 0.494 e. The Balaban J connectivity index is 1.86. The van der Waals surface area contributed by atoms with E-state index in [1.807, 2.05) is 66.2 Å². The molecule has 0 bridgehead atoms. The number of amides is 1. The summed E-state index contributed by atoms with van der Waals surface area (Å²) in [4.78, 5) is 14.6. The number of aromatic nitrogens is 1. The van der Waals surface area contributed by atoms with Crippen LogP contribution in [0.15, 0.2) is 60.8 Å². The number of hydrogen-bond acceptors (Lipinski definition) is 4. The first-order valence-electron chi connectivity index (χ1n) is 10.2. The molecule has 0 aliphatic rings. The molecule has 1 amide bonds. The molecule has 0 aliphatic heterocycles. The van der Waals surface area contributed by atoms with Gasteiger partial charge in [0.15, 0.2) is 0 Å². The Hall–Kier alpha value is -4.03. The minimum atomic E-state index is -0.201. The van der Waals surface area contributed by atoms with Crippen molar-refractivity contribution in [3.8, 4) is 17.9 Å². The Labute approximate surface area is 182 Å². The lowest BCUT2D eigenvalue weighted by atomic mass is 10.1. The van der Waals surface area contributed by atoms with Gasteiger partial charge in [-0.3, -0.25) is 4.79 Å². The van der Waals surface area contributed by atoms with Crippen LogP contribution in [0.2, 0.25) is 0 Å². The molecule has 6 heteroatoms. The van der Waals surface area contributed by atoms with Gasteiger partial charge in [-0.1, -0.05) is 18.2 Å². The lowest BCUT2D eigenvalue weighted by Gasteiger charge is -2.20. The third-order valence-corrected chi connectivity index (χ3v) is 4.86. The van der Waals surface area contributed by atoms with Crippen LogP contribution in [0, 0.1) is 22.7 Å². The van der Waals surface area contributed by atoms with E-state index in [0.717, 1.165) is 22.2 Å². The molecule has 0 radical (unpaired) electrons. The van der Waals surface area contributed by atoms with E-state index in [2.05, 4.69) is 12.1 Å². The topological polar surface area (TPSA) is 82.0 Å². The fourth-order valence-electron chi connectivity index (χ4n) is 3.43. The van der Waals surface area contributed by atoms with Gasteiger partial charge in [-0.05, 0) is 43.3 Å². The highest BCUT2D eigenvalue weighted by Crippen LogP contribution is 2.24. The lowest BCUT2D eigenvalue weighted by molar-refractivity contribution is -0.114. The van der Waals surface area contributed by atoms with Crippen molar-refractivity contribution in [2.75, 3.05) is 18.1 Å². The van der Waals surface area contributed by atoms with Crippen molar-refractivity contribution >= 4 is 28.6 Å². The third kappa shape index (κ3) is 5.32. The highest BCUT2D eigenvalue weighted by molar-refractivity contribution is 6.05. The number of ether oxygens (including phenoxy) is 1. The number of nitrogens with zero attached hydrogens (tertiary/aromatic N) is 4. The van der Waals surface area contributed by atoms with Crippen LogP contribution in [0.5, 0.6) is 5.75 Å². The van der Waals surface area contributed by atoms with Crippen molar-refractivity contribution in [3.63, 3.8) is 0 Å². The first-order valence-corrected chi connectivity index (χ1v) is 10.2. The SMILES string of the molecule is CCOc1ccc(N(CCC#N)C(=O)/C=C/c2cn(CCC#N)c3ccccc23)cc1. The lowest BCUT2D eigenvalue weighted by Crippen LogP contribution is -2.30. The van der Waals surface area contributed by atoms with Gasteiger partial charge in [0.05, 0.1) is 31.6 Å². The average molecular weight is 412 g/mol. The molecule has 156 valence electrons. The van der Waals surface area contributed by atoms with Crippen molar-refractivity contribution in [2.24, 2.45) is 0 Å². The average Bonchev–Trinajstić information content (AvgIpc) is 3.15. The van der Waals surface area contributed by atoms with Crippen molar-refractivity contribution < 1.29 is 9.53 Å². The molecule has 0 N–H and O–H groups in total. The van der Waals surface area contributed by atoms with Gasteiger partial charge in [-0.15, -0.1) is 0 Å². The molecule has 0 saturated heterocycles. The molecule has 0 atom stereocenters. The summed E-state index contributed by atoms with van der Waals surface area (Å²) in [6.07, 6.45) is 5.94. The quantitative estimate of drug-likeness (QED) is 0.467. The maximum atomic E-state index is 13.0. The summed E-state index contributed by atoms with van der Waals surface area (Å²) in [5, 5.41) is 18.9. The van der Waals surface area contributed by atoms with Gasteiger partial charge in [-0.25, -0.2) is 0 Å². The zero-order valence-corrected chi connectivity index (χ0v) is 17.5. The van der Waals surface area contributed by atoms with Gasteiger partial charge in [0.2, 0.25) is 0 Å². The molecule has 0 spiro atoms. The number of hydrogen-bond donors (Lipinski definition) is 0. The zero-order chi connectivity index (χ0) is 22.1. The molecular weight excluding hydrogens is 388 g/mol. The van der Waals surface area contributed by atoms with Crippen LogP contribution in [0.25, 0.3) is 17.0 Å². The summed E-state index contributed by atoms with van der Waals surface area (Å²) in [5.74, 6) is 0.535. The highest BCUT2D eigenvalue weighted by Gasteiger charge is 2.14. The fraction of sp³-hybridized carbons (Fsp3) is 0.240. The van der Waals surface area contributed by atoms with E-state index in [-0.39, 0.29) is 12.3 Å². The van der Waals surface area contributed by atoms with Crippen molar-refractivity contribution in [1.29, 1.82) is 10.5 Å². The number of benzene rings is 2. The number of anilines is 1. The fourth-order valence-corrected chi connectivity index (χ4v) is 3.43. The van der Waals surface area contributed by atoms with E-state index < -0.39 is 0 Å². The molecule has 6 nitrogen and oxygen atoms in total. The summed E-state index contributed by atoms with van der Waals surface area (Å²) >= 11 is 0. The minimum absolute atomic E-state index is 0.201. The summed E-state index contributed by atoms with van der Waals surface area (Å²) < 4.78 is 7.50. The molecule has 0 aliphatic carbocycles. The van der Waals surface area contributed by atoms with Crippen LogP contribution in [-0.4, -0.2) is 23.6 Å². The molecule has 31 heavy (non-hydrogen) atoms. The second-order valence-corrected chi connectivity index (χ2v) is 6.86. The number of nitriles is 2. The van der Waals surface area contributed by atoms with E-state index in [9.17, 15) is 4.79 Å². The van der Waals surface area contributed by atoms with Crippen molar-refractivity contribution in [2.45, 2.75) is 26.3 Å². The van der Waals surface area contributed by atoms with Crippen LogP contribution in [0.1, 0.15) is 25.3 Å². The summed E-state index contributed by atoms with van der Waals surface area (Å²) in [6, 6.07) is 19.5. The summed E-state index contributed by atoms with van der Waals surface area (Å²) in [6.45, 7) is 3.39. The van der Waals surface area contributed by atoms with Gasteiger partial charge in [0.25, 0.3) is 5.91 Å². The number of fused-ring (bicyclic) bond motifs is 1. The summed E-state index contributed by atoms with van der Waals surface area (Å²) in [5.41, 5.74) is 2.65. The Morgan fingerprint density at radius 1 is 1.10 bits per heavy atom. The normalized spacial score (nSPS) is 10.7. The van der Waals surface area contributed by atoms with E-state index in [0.29, 0.717) is 31.8 Å². The van der Waals surface area contributed by atoms with Gasteiger partial charge in [0, 0.05) is 47.5 Å². The molecule has 3 aromatic rings. The third-order valence-electron chi connectivity index (χ3n) is 4.86. The first-order chi connectivity index (χ1) is 15.2. The van der Waals surface area contributed by atoms with Gasteiger partial charge in [0.1, 0.15) is 5.75 Å². The van der Waals surface area contributed by atoms with Crippen LogP contribution >= 0.6 is 0 Å². The number of rotatable bonds is 9. The molecule has 3 rings (SSSR count). The Kier molecular flexibility index (Phi) is 7.45. The maximum absolute atomic E-state index is 13.0.